The summed E-state index contributed by atoms with van der Waals surface area (Å²) in [5.74, 6) is -2.22. The quantitative estimate of drug-likeness (QED) is 0.915. The van der Waals surface area contributed by atoms with Gasteiger partial charge in [0, 0.05) is 6.04 Å². The van der Waals surface area contributed by atoms with Crippen molar-refractivity contribution in [2.75, 3.05) is 5.32 Å². The molecule has 0 radical (unpaired) electrons. The van der Waals surface area contributed by atoms with Crippen molar-refractivity contribution in [2.24, 2.45) is 11.8 Å². The lowest BCUT2D eigenvalue weighted by Crippen LogP contribution is -2.31. The van der Waals surface area contributed by atoms with Crippen LogP contribution in [-0.4, -0.2) is 20.2 Å². The third kappa shape index (κ3) is 3.54. The van der Waals surface area contributed by atoms with Crippen LogP contribution in [0.4, 0.5) is 14.5 Å². The van der Waals surface area contributed by atoms with Crippen LogP contribution in [0.1, 0.15) is 33.1 Å². The molecule has 1 aliphatic rings. The van der Waals surface area contributed by atoms with Crippen LogP contribution >= 0.6 is 0 Å². The van der Waals surface area contributed by atoms with E-state index in [0.717, 1.165) is 19.3 Å². The van der Waals surface area contributed by atoms with Gasteiger partial charge in [-0.3, -0.25) is 0 Å². The van der Waals surface area contributed by atoms with Crippen molar-refractivity contribution in [3.05, 3.63) is 24.3 Å². The van der Waals surface area contributed by atoms with Crippen molar-refractivity contribution >= 4 is 15.5 Å². The van der Waals surface area contributed by atoms with Crippen LogP contribution < -0.4 is 5.32 Å². The van der Waals surface area contributed by atoms with Crippen molar-refractivity contribution < 1.29 is 17.2 Å². The number of hydrogen-bond donors (Lipinski definition) is 1. The van der Waals surface area contributed by atoms with Crippen LogP contribution in [0.3, 0.4) is 0 Å². The molecule has 21 heavy (non-hydrogen) atoms. The summed E-state index contributed by atoms with van der Waals surface area (Å²) < 4.78 is 49.0. The van der Waals surface area contributed by atoms with E-state index < -0.39 is 15.6 Å². The summed E-state index contributed by atoms with van der Waals surface area (Å²) in [6, 6.07) is 6.04. The molecule has 1 aliphatic carbocycles. The summed E-state index contributed by atoms with van der Waals surface area (Å²) in [7, 11) is -4.58. The summed E-state index contributed by atoms with van der Waals surface area (Å²) >= 11 is 0. The third-order valence-electron chi connectivity index (χ3n) is 4.39. The Bertz CT molecular complexity index is 589. The molecular weight excluding hydrogens is 296 g/mol. The van der Waals surface area contributed by atoms with Crippen molar-refractivity contribution in [3.63, 3.8) is 0 Å². The van der Waals surface area contributed by atoms with Gasteiger partial charge in [0.15, 0.2) is 0 Å². The van der Waals surface area contributed by atoms with Gasteiger partial charge in [0.2, 0.25) is 9.84 Å². The molecule has 118 valence electrons. The molecule has 1 aromatic carbocycles. The summed E-state index contributed by atoms with van der Waals surface area (Å²) in [6.07, 6.45) is 2.90. The van der Waals surface area contributed by atoms with E-state index in [1.54, 1.807) is 12.1 Å². The molecule has 0 aromatic heterocycles. The lowest BCUT2D eigenvalue weighted by Gasteiger charge is -2.33. The van der Waals surface area contributed by atoms with Gasteiger partial charge in [-0.05, 0) is 43.2 Å². The van der Waals surface area contributed by atoms with Crippen LogP contribution in [0, 0.1) is 11.8 Å². The molecule has 1 saturated carbocycles. The Hall–Kier alpha value is -1.17. The SMILES string of the molecule is CC1CCC(Nc2ccccc2S(=O)(=O)C(F)F)CC1C. The molecule has 3 unspecified atom stereocenters. The van der Waals surface area contributed by atoms with Gasteiger partial charge in [-0.15, -0.1) is 0 Å². The van der Waals surface area contributed by atoms with E-state index in [9.17, 15) is 17.2 Å². The minimum atomic E-state index is -4.58. The van der Waals surface area contributed by atoms with Crippen molar-refractivity contribution in [2.45, 2.75) is 49.8 Å². The Kier molecular flexibility index (Phi) is 4.86. The highest BCUT2D eigenvalue weighted by Crippen LogP contribution is 2.33. The van der Waals surface area contributed by atoms with Crippen molar-refractivity contribution in [3.8, 4) is 0 Å². The predicted octanol–water partition coefficient (Wildman–Crippen LogP) is 3.92. The van der Waals surface area contributed by atoms with Crippen LogP contribution in [0.25, 0.3) is 0 Å². The van der Waals surface area contributed by atoms with Crippen LogP contribution in [0.2, 0.25) is 0 Å². The second kappa shape index (κ2) is 6.30. The fourth-order valence-electron chi connectivity index (χ4n) is 2.83. The molecule has 0 spiro atoms. The zero-order chi connectivity index (χ0) is 15.6. The van der Waals surface area contributed by atoms with E-state index in [2.05, 4.69) is 19.2 Å². The lowest BCUT2D eigenvalue weighted by atomic mass is 9.79. The maximum absolute atomic E-state index is 12.8. The van der Waals surface area contributed by atoms with Gasteiger partial charge >= 0.3 is 5.76 Å². The third-order valence-corrected chi connectivity index (χ3v) is 5.82. The molecule has 3 nitrogen and oxygen atoms in total. The van der Waals surface area contributed by atoms with E-state index in [-0.39, 0.29) is 16.6 Å². The Morgan fingerprint density at radius 2 is 1.81 bits per heavy atom. The number of para-hydroxylation sites is 1. The molecule has 3 atom stereocenters. The predicted molar refractivity (Wildman–Crippen MR) is 79.2 cm³/mol. The number of benzene rings is 1. The van der Waals surface area contributed by atoms with Crippen molar-refractivity contribution in [1.82, 2.24) is 0 Å². The van der Waals surface area contributed by atoms with Gasteiger partial charge in [-0.25, -0.2) is 8.42 Å². The first kappa shape index (κ1) is 16.2. The Labute approximate surface area is 124 Å². The molecule has 1 N–H and O–H groups in total. The van der Waals surface area contributed by atoms with Crippen LogP contribution in [0.15, 0.2) is 29.2 Å². The second-order valence-electron chi connectivity index (χ2n) is 5.91. The first-order valence-corrected chi connectivity index (χ1v) is 8.74. The monoisotopic (exact) mass is 317 g/mol. The van der Waals surface area contributed by atoms with E-state index in [1.807, 2.05) is 0 Å². The first-order chi connectivity index (χ1) is 9.82. The molecule has 0 saturated heterocycles. The molecule has 1 aromatic rings. The zero-order valence-corrected chi connectivity index (χ0v) is 13.0. The highest BCUT2D eigenvalue weighted by atomic mass is 32.2. The Balaban J connectivity index is 2.22. The normalized spacial score (nSPS) is 26.8. The fourth-order valence-corrected chi connectivity index (χ4v) is 3.72. The molecule has 0 amide bonds. The molecule has 0 bridgehead atoms. The topological polar surface area (TPSA) is 46.2 Å². The van der Waals surface area contributed by atoms with Gasteiger partial charge in [-0.1, -0.05) is 26.0 Å². The number of hydrogen-bond acceptors (Lipinski definition) is 3. The number of nitrogens with one attached hydrogen (secondary N) is 1. The lowest BCUT2D eigenvalue weighted by molar-refractivity contribution is 0.234. The molecule has 0 heterocycles. The van der Waals surface area contributed by atoms with Gasteiger partial charge < -0.3 is 5.32 Å². The van der Waals surface area contributed by atoms with Gasteiger partial charge in [0.1, 0.15) is 0 Å². The molecule has 6 heteroatoms. The fraction of sp³-hybridized carbons (Fsp3) is 0.600. The maximum atomic E-state index is 12.8. The smallest absolute Gasteiger partial charge is 0.341 e. The molecule has 0 aliphatic heterocycles. The van der Waals surface area contributed by atoms with Crippen LogP contribution in [0.5, 0.6) is 0 Å². The summed E-state index contributed by atoms with van der Waals surface area (Å²) in [5, 5.41) is 3.15. The number of alkyl halides is 2. The van der Waals surface area contributed by atoms with Gasteiger partial charge in [0.25, 0.3) is 0 Å². The molecule has 1 fully saturated rings. The van der Waals surface area contributed by atoms with E-state index in [0.29, 0.717) is 11.8 Å². The maximum Gasteiger partial charge on any atom is 0.341 e. The van der Waals surface area contributed by atoms with Crippen LogP contribution in [-0.2, 0) is 9.84 Å². The number of halogens is 2. The van der Waals surface area contributed by atoms with Gasteiger partial charge in [-0.2, -0.15) is 8.78 Å². The minimum Gasteiger partial charge on any atom is -0.381 e. The minimum absolute atomic E-state index is 0.130. The second-order valence-corrected chi connectivity index (χ2v) is 7.80. The summed E-state index contributed by atoms with van der Waals surface area (Å²) in [5.41, 5.74) is 0.282. The standard InChI is InChI=1S/C15H21F2NO2S/c1-10-7-8-12(9-11(10)2)18-13-5-3-4-6-14(13)21(19,20)15(16)17/h3-6,10-12,15,18H,7-9H2,1-2H3. The average Bonchev–Trinajstić information content (AvgIpc) is 2.43. The van der Waals surface area contributed by atoms with E-state index in [1.165, 1.54) is 12.1 Å². The van der Waals surface area contributed by atoms with Crippen molar-refractivity contribution in [1.29, 1.82) is 0 Å². The average molecular weight is 317 g/mol. The number of sulfone groups is 1. The van der Waals surface area contributed by atoms with Gasteiger partial charge in [0.05, 0.1) is 10.6 Å². The number of rotatable bonds is 4. The van der Waals surface area contributed by atoms with E-state index in [4.69, 9.17) is 0 Å². The Morgan fingerprint density at radius 1 is 1.14 bits per heavy atom. The molecular formula is C15H21F2NO2S. The van der Waals surface area contributed by atoms with E-state index >= 15 is 0 Å². The highest BCUT2D eigenvalue weighted by Gasteiger charge is 2.30. The molecule has 2 rings (SSSR count). The Morgan fingerprint density at radius 3 is 2.43 bits per heavy atom. The summed E-state index contributed by atoms with van der Waals surface area (Å²) in [4.78, 5) is -0.314. The highest BCUT2D eigenvalue weighted by molar-refractivity contribution is 7.91. The zero-order valence-electron chi connectivity index (χ0n) is 12.2. The summed E-state index contributed by atoms with van der Waals surface area (Å²) in [6.45, 7) is 4.37. The first-order valence-electron chi connectivity index (χ1n) is 7.20. The number of anilines is 1. The largest absolute Gasteiger partial charge is 0.381 e.